The minimum absolute atomic E-state index is 0.0655. The first kappa shape index (κ1) is 59.1. The fourth-order valence-corrected chi connectivity index (χ4v) is 8.14. The number of esters is 3. The molecule has 0 aliphatic rings. The zero-order valence-electron chi connectivity index (χ0n) is 41.2. The van der Waals surface area contributed by atoms with E-state index in [1.165, 1.54) is 205 Å². The van der Waals surface area contributed by atoms with Crippen LogP contribution in [0.4, 0.5) is 0 Å². The van der Waals surface area contributed by atoms with Crippen molar-refractivity contribution >= 4 is 17.9 Å². The van der Waals surface area contributed by atoms with E-state index >= 15 is 0 Å². The SMILES string of the molecule is CCCCCCC=CCCCCCCCCCC(=O)OCC(COC(=O)CCCCCCCCCCCCCCCCC)OC(=O)CCCCCCCCCCCCCCC. The smallest absolute Gasteiger partial charge is 0.306 e. The van der Waals surface area contributed by atoms with Crippen LogP contribution in [-0.2, 0) is 28.6 Å². The van der Waals surface area contributed by atoms with Gasteiger partial charge in [-0.15, -0.1) is 0 Å². The zero-order chi connectivity index (χ0) is 44.4. The third-order valence-corrected chi connectivity index (χ3v) is 12.3. The Labute approximate surface area is 380 Å². The van der Waals surface area contributed by atoms with Gasteiger partial charge in [0.05, 0.1) is 0 Å². The molecular weight excluding hydrogens is 757 g/mol. The highest BCUT2D eigenvalue weighted by Gasteiger charge is 2.19. The zero-order valence-corrected chi connectivity index (χ0v) is 41.2. The summed E-state index contributed by atoms with van der Waals surface area (Å²) in [4.78, 5) is 38.0. The number of hydrogen-bond donors (Lipinski definition) is 0. The van der Waals surface area contributed by atoms with E-state index in [-0.39, 0.29) is 31.1 Å². The molecule has 360 valence electrons. The molecule has 0 aromatic heterocycles. The van der Waals surface area contributed by atoms with Crippen molar-refractivity contribution in [3.63, 3.8) is 0 Å². The molecule has 1 unspecified atom stereocenters. The summed E-state index contributed by atoms with van der Waals surface area (Å²) in [6, 6.07) is 0. The molecule has 0 spiro atoms. The molecule has 6 heteroatoms. The normalized spacial score (nSPS) is 12.0. The molecule has 0 N–H and O–H groups in total. The molecule has 0 rings (SSSR count). The highest BCUT2D eigenvalue weighted by Crippen LogP contribution is 2.17. The van der Waals surface area contributed by atoms with E-state index in [1.54, 1.807) is 0 Å². The third-order valence-electron chi connectivity index (χ3n) is 12.3. The van der Waals surface area contributed by atoms with Gasteiger partial charge in [-0.05, 0) is 44.9 Å². The summed E-state index contributed by atoms with van der Waals surface area (Å²) in [6.07, 6.45) is 56.2. The number of carbonyl (C=O) groups excluding carboxylic acids is 3. The van der Waals surface area contributed by atoms with Gasteiger partial charge in [0.25, 0.3) is 0 Å². The number of rotatable bonds is 50. The molecule has 61 heavy (non-hydrogen) atoms. The van der Waals surface area contributed by atoms with Crippen molar-refractivity contribution in [1.29, 1.82) is 0 Å². The van der Waals surface area contributed by atoms with Crippen LogP contribution in [0, 0.1) is 0 Å². The van der Waals surface area contributed by atoms with Gasteiger partial charge in [0.1, 0.15) is 13.2 Å². The quantitative estimate of drug-likeness (QED) is 0.0262. The minimum Gasteiger partial charge on any atom is -0.462 e. The second-order valence-corrected chi connectivity index (χ2v) is 18.5. The number of ether oxygens (including phenoxy) is 3. The lowest BCUT2D eigenvalue weighted by molar-refractivity contribution is -0.167. The van der Waals surface area contributed by atoms with Crippen molar-refractivity contribution in [1.82, 2.24) is 0 Å². The molecule has 1 atom stereocenters. The van der Waals surface area contributed by atoms with Crippen LogP contribution in [-0.4, -0.2) is 37.2 Å². The summed E-state index contributed by atoms with van der Waals surface area (Å²) in [7, 11) is 0. The van der Waals surface area contributed by atoms with E-state index < -0.39 is 6.10 Å². The molecule has 6 nitrogen and oxygen atoms in total. The monoisotopic (exact) mass is 861 g/mol. The van der Waals surface area contributed by atoms with Gasteiger partial charge >= 0.3 is 17.9 Å². The van der Waals surface area contributed by atoms with Gasteiger partial charge in [0.15, 0.2) is 6.10 Å². The van der Waals surface area contributed by atoms with Gasteiger partial charge < -0.3 is 14.2 Å². The van der Waals surface area contributed by atoms with E-state index in [0.717, 1.165) is 57.8 Å². The van der Waals surface area contributed by atoms with E-state index in [0.29, 0.717) is 19.3 Å². The van der Waals surface area contributed by atoms with Gasteiger partial charge in [0, 0.05) is 19.3 Å². The molecule has 0 saturated heterocycles. The van der Waals surface area contributed by atoms with E-state index in [9.17, 15) is 14.4 Å². The number of hydrogen-bond acceptors (Lipinski definition) is 6. The average molecular weight is 861 g/mol. The van der Waals surface area contributed by atoms with Crippen molar-refractivity contribution in [2.75, 3.05) is 13.2 Å². The van der Waals surface area contributed by atoms with E-state index in [4.69, 9.17) is 14.2 Å². The summed E-state index contributed by atoms with van der Waals surface area (Å²) in [5.74, 6) is -0.850. The molecule has 0 aromatic rings. The Hall–Kier alpha value is -1.85. The van der Waals surface area contributed by atoms with Crippen LogP contribution < -0.4 is 0 Å². The van der Waals surface area contributed by atoms with Crippen molar-refractivity contribution in [2.24, 2.45) is 0 Å². The highest BCUT2D eigenvalue weighted by atomic mass is 16.6. The maximum Gasteiger partial charge on any atom is 0.306 e. The Morgan fingerprint density at radius 3 is 0.836 bits per heavy atom. The van der Waals surface area contributed by atoms with Crippen LogP contribution in [0.2, 0.25) is 0 Å². The van der Waals surface area contributed by atoms with E-state index in [2.05, 4.69) is 32.9 Å². The lowest BCUT2D eigenvalue weighted by Crippen LogP contribution is -2.30. The topological polar surface area (TPSA) is 78.9 Å². The summed E-state index contributed by atoms with van der Waals surface area (Å²) in [6.45, 7) is 6.67. The largest absolute Gasteiger partial charge is 0.462 e. The van der Waals surface area contributed by atoms with Crippen molar-refractivity contribution in [3.8, 4) is 0 Å². The first-order valence-corrected chi connectivity index (χ1v) is 27.2. The van der Waals surface area contributed by atoms with Crippen LogP contribution in [0.1, 0.15) is 303 Å². The maximum atomic E-state index is 12.8. The van der Waals surface area contributed by atoms with Gasteiger partial charge in [-0.2, -0.15) is 0 Å². The summed E-state index contributed by atoms with van der Waals surface area (Å²) < 4.78 is 16.8. The predicted molar refractivity (Wildman–Crippen MR) is 261 cm³/mol. The second kappa shape index (κ2) is 50.8. The molecular formula is C55H104O6. The van der Waals surface area contributed by atoms with Crippen LogP contribution in [0.3, 0.4) is 0 Å². The van der Waals surface area contributed by atoms with Crippen LogP contribution in [0.15, 0.2) is 12.2 Å². The van der Waals surface area contributed by atoms with E-state index in [1.807, 2.05) is 0 Å². The molecule has 0 amide bonds. The third kappa shape index (κ3) is 49.0. The maximum absolute atomic E-state index is 12.8. The second-order valence-electron chi connectivity index (χ2n) is 18.5. The lowest BCUT2D eigenvalue weighted by Gasteiger charge is -2.18. The Bertz CT molecular complexity index is 947. The summed E-state index contributed by atoms with van der Waals surface area (Å²) in [5, 5.41) is 0. The fraction of sp³-hybridized carbons (Fsp3) is 0.909. The Balaban J connectivity index is 4.32. The Morgan fingerprint density at radius 1 is 0.311 bits per heavy atom. The molecule has 0 aliphatic heterocycles. The van der Waals surface area contributed by atoms with Gasteiger partial charge in [-0.3, -0.25) is 14.4 Å². The molecule has 0 aromatic carbocycles. The predicted octanol–water partition coefficient (Wildman–Crippen LogP) is 17.8. The van der Waals surface area contributed by atoms with Gasteiger partial charge in [-0.25, -0.2) is 0 Å². The summed E-state index contributed by atoms with van der Waals surface area (Å²) >= 11 is 0. The molecule has 0 heterocycles. The minimum atomic E-state index is -0.765. The average Bonchev–Trinajstić information content (AvgIpc) is 3.26. The van der Waals surface area contributed by atoms with Crippen LogP contribution >= 0.6 is 0 Å². The molecule has 0 fully saturated rings. The Morgan fingerprint density at radius 2 is 0.541 bits per heavy atom. The number of allylic oxidation sites excluding steroid dienone is 2. The number of carbonyl (C=O) groups is 3. The molecule has 0 aliphatic carbocycles. The molecule has 0 saturated carbocycles. The first-order chi connectivity index (χ1) is 30.0. The van der Waals surface area contributed by atoms with Crippen molar-refractivity contribution < 1.29 is 28.6 Å². The van der Waals surface area contributed by atoms with Crippen LogP contribution in [0.5, 0.6) is 0 Å². The van der Waals surface area contributed by atoms with Crippen molar-refractivity contribution in [2.45, 2.75) is 309 Å². The van der Waals surface area contributed by atoms with Gasteiger partial charge in [-0.1, -0.05) is 251 Å². The lowest BCUT2D eigenvalue weighted by atomic mass is 10.0. The standard InChI is InChI=1S/C55H104O6/c1-4-7-10-13-16-19-22-25-27-30-32-35-38-41-44-47-53(56)59-50-52(61-55(58)49-46-43-40-37-34-29-24-21-18-15-12-9-6-3)51-60-54(57)48-45-42-39-36-33-31-28-26-23-20-17-14-11-8-5-2/h19,22,52H,4-18,20-21,23-51H2,1-3H3. The number of unbranched alkanes of at least 4 members (excludes halogenated alkanes) is 37. The molecule has 0 bridgehead atoms. The van der Waals surface area contributed by atoms with Crippen LogP contribution in [0.25, 0.3) is 0 Å². The van der Waals surface area contributed by atoms with Crippen molar-refractivity contribution in [3.05, 3.63) is 12.2 Å². The molecule has 0 radical (unpaired) electrons. The summed E-state index contributed by atoms with van der Waals surface area (Å²) in [5.41, 5.74) is 0. The fourth-order valence-electron chi connectivity index (χ4n) is 8.14. The Kier molecular flexibility index (Phi) is 49.3. The first-order valence-electron chi connectivity index (χ1n) is 27.2. The van der Waals surface area contributed by atoms with Gasteiger partial charge in [0.2, 0.25) is 0 Å². The highest BCUT2D eigenvalue weighted by molar-refractivity contribution is 5.71.